The Morgan fingerprint density at radius 3 is 2.86 bits per heavy atom. The van der Waals surface area contributed by atoms with Gasteiger partial charge in [0, 0.05) is 0 Å². The molecule has 1 rings (SSSR count). The second-order valence-electron chi connectivity index (χ2n) is 2.77. The molecule has 1 N–H and O–H groups in total. The summed E-state index contributed by atoms with van der Waals surface area (Å²) in [6, 6.07) is 6.82. The van der Waals surface area contributed by atoms with Crippen LogP contribution in [0.4, 0.5) is 5.69 Å². The van der Waals surface area contributed by atoms with Crippen LogP contribution in [0.25, 0.3) is 0 Å². The predicted octanol–water partition coefficient (Wildman–Crippen LogP) is 1.47. The average molecular weight is 190 g/mol. The number of carbonyl (C=O) groups is 1. The summed E-state index contributed by atoms with van der Waals surface area (Å²) in [7, 11) is 1.51. The normalized spacial score (nSPS) is 8.93. The van der Waals surface area contributed by atoms with Gasteiger partial charge in [0.15, 0.2) is 6.07 Å². The molecule has 0 aromatic heterocycles. The lowest BCUT2D eigenvalue weighted by Crippen LogP contribution is -2.09. The minimum atomic E-state index is -0.700. The smallest absolute Gasteiger partial charge is 0.326 e. The van der Waals surface area contributed by atoms with Crippen molar-refractivity contribution in [1.82, 2.24) is 0 Å². The van der Waals surface area contributed by atoms with Crippen LogP contribution in [0.15, 0.2) is 18.2 Å². The van der Waals surface area contributed by atoms with Crippen molar-refractivity contribution in [3.05, 3.63) is 23.8 Å². The summed E-state index contributed by atoms with van der Waals surface area (Å²) in [5.74, 6) is -0.159. The van der Waals surface area contributed by atoms with Gasteiger partial charge in [-0.2, -0.15) is 5.26 Å². The summed E-state index contributed by atoms with van der Waals surface area (Å²) < 4.78 is 5.02. The molecule has 0 aliphatic carbocycles. The van der Waals surface area contributed by atoms with Crippen molar-refractivity contribution in [2.24, 2.45) is 0 Å². The predicted molar refractivity (Wildman–Crippen MR) is 52.0 cm³/mol. The van der Waals surface area contributed by atoms with Crippen LogP contribution in [0.3, 0.4) is 0 Å². The first-order chi connectivity index (χ1) is 6.67. The number of anilines is 1. The Bertz CT molecular complexity index is 394. The first kappa shape index (κ1) is 10.1. The molecule has 0 aliphatic rings. The quantitative estimate of drug-likeness (QED) is 0.718. The summed E-state index contributed by atoms with van der Waals surface area (Å²) in [4.78, 5) is 10.8. The van der Waals surface area contributed by atoms with Crippen LogP contribution in [0.2, 0.25) is 0 Å². The van der Waals surface area contributed by atoms with Crippen molar-refractivity contribution >= 4 is 11.6 Å². The highest BCUT2D eigenvalue weighted by atomic mass is 16.5. The number of nitrogens with zero attached hydrogens (tertiary/aromatic N) is 1. The zero-order valence-corrected chi connectivity index (χ0v) is 8.00. The molecule has 0 saturated heterocycles. The van der Waals surface area contributed by atoms with Crippen molar-refractivity contribution in [3.8, 4) is 11.8 Å². The SMILES string of the molecule is COc1ccc(C)cc1NC(=O)C#N. The van der Waals surface area contributed by atoms with Crippen LogP contribution in [-0.4, -0.2) is 13.0 Å². The van der Waals surface area contributed by atoms with Gasteiger partial charge in [0.05, 0.1) is 12.8 Å². The van der Waals surface area contributed by atoms with Gasteiger partial charge in [0.25, 0.3) is 0 Å². The number of rotatable bonds is 2. The van der Waals surface area contributed by atoms with Gasteiger partial charge in [-0.05, 0) is 24.6 Å². The van der Waals surface area contributed by atoms with E-state index in [1.807, 2.05) is 13.0 Å². The molecular weight excluding hydrogens is 180 g/mol. The second-order valence-corrected chi connectivity index (χ2v) is 2.77. The Hall–Kier alpha value is -2.02. The number of carbonyl (C=O) groups excluding carboxylic acids is 1. The number of hydrogen-bond donors (Lipinski definition) is 1. The fourth-order valence-electron chi connectivity index (χ4n) is 1.07. The molecule has 14 heavy (non-hydrogen) atoms. The molecule has 4 heteroatoms. The van der Waals surface area contributed by atoms with Gasteiger partial charge >= 0.3 is 5.91 Å². The molecule has 1 aromatic rings. The van der Waals surface area contributed by atoms with E-state index in [1.165, 1.54) is 13.2 Å². The minimum absolute atomic E-state index is 0.513. The summed E-state index contributed by atoms with van der Waals surface area (Å²) in [6.45, 7) is 1.89. The average Bonchev–Trinajstić information content (AvgIpc) is 2.18. The standard InChI is InChI=1S/C10H10N2O2/c1-7-3-4-9(14-2)8(5-7)12-10(13)6-11/h3-5H,1-2H3,(H,12,13). The van der Waals surface area contributed by atoms with E-state index in [0.717, 1.165) is 5.56 Å². The van der Waals surface area contributed by atoms with Crippen LogP contribution in [0.1, 0.15) is 5.56 Å². The first-order valence-electron chi connectivity index (χ1n) is 4.03. The fourth-order valence-corrected chi connectivity index (χ4v) is 1.07. The van der Waals surface area contributed by atoms with Crippen molar-refractivity contribution < 1.29 is 9.53 Å². The van der Waals surface area contributed by atoms with E-state index in [2.05, 4.69) is 5.32 Å². The molecule has 0 saturated carbocycles. The highest BCUT2D eigenvalue weighted by Crippen LogP contribution is 2.24. The third kappa shape index (κ3) is 2.23. The third-order valence-corrected chi connectivity index (χ3v) is 1.70. The van der Waals surface area contributed by atoms with Crippen LogP contribution < -0.4 is 10.1 Å². The van der Waals surface area contributed by atoms with Crippen molar-refractivity contribution in [1.29, 1.82) is 5.26 Å². The van der Waals surface area contributed by atoms with Crippen molar-refractivity contribution in [3.63, 3.8) is 0 Å². The molecule has 0 atom stereocenters. The Balaban J connectivity index is 3.00. The van der Waals surface area contributed by atoms with E-state index in [1.54, 1.807) is 12.1 Å². The molecule has 72 valence electrons. The Morgan fingerprint density at radius 1 is 1.57 bits per heavy atom. The summed E-state index contributed by atoms with van der Waals surface area (Å²) in [6.07, 6.45) is 0. The Labute approximate surface area is 82.1 Å². The van der Waals surface area contributed by atoms with Gasteiger partial charge in [0.2, 0.25) is 0 Å². The number of amides is 1. The lowest BCUT2D eigenvalue weighted by atomic mass is 10.2. The molecule has 0 heterocycles. The van der Waals surface area contributed by atoms with E-state index < -0.39 is 5.91 Å². The number of aryl methyl sites for hydroxylation is 1. The number of methoxy groups -OCH3 is 1. The van der Waals surface area contributed by atoms with E-state index in [9.17, 15) is 4.79 Å². The van der Waals surface area contributed by atoms with Crippen LogP contribution in [-0.2, 0) is 4.79 Å². The molecule has 0 aliphatic heterocycles. The highest BCUT2D eigenvalue weighted by Gasteiger charge is 2.05. The topological polar surface area (TPSA) is 62.1 Å². The molecule has 0 fully saturated rings. The number of nitriles is 1. The highest BCUT2D eigenvalue weighted by molar-refractivity contribution is 6.03. The van der Waals surface area contributed by atoms with Crippen LogP contribution in [0, 0.1) is 18.3 Å². The maximum Gasteiger partial charge on any atom is 0.326 e. The molecule has 0 bridgehead atoms. The molecule has 0 spiro atoms. The minimum Gasteiger partial charge on any atom is -0.495 e. The molecule has 1 amide bonds. The Morgan fingerprint density at radius 2 is 2.29 bits per heavy atom. The van der Waals surface area contributed by atoms with Crippen LogP contribution >= 0.6 is 0 Å². The second kappa shape index (κ2) is 4.28. The Kier molecular flexibility index (Phi) is 3.08. The summed E-state index contributed by atoms with van der Waals surface area (Å²) in [5.41, 5.74) is 1.50. The summed E-state index contributed by atoms with van der Waals surface area (Å²) in [5, 5.41) is 10.8. The molecule has 0 unspecified atom stereocenters. The van der Waals surface area contributed by atoms with Crippen molar-refractivity contribution in [2.75, 3.05) is 12.4 Å². The number of nitrogens with one attached hydrogen (secondary N) is 1. The fraction of sp³-hybridized carbons (Fsp3) is 0.200. The van der Waals surface area contributed by atoms with Gasteiger partial charge in [-0.25, -0.2) is 0 Å². The zero-order chi connectivity index (χ0) is 10.6. The van der Waals surface area contributed by atoms with Gasteiger partial charge in [-0.3, -0.25) is 4.79 Å². The molecular formula is C10H10N2O2. The van der Waals surface area contributed by atoms with E-state index in [4.69, 9.17) is 10.00 Å². The number of hydrogen-bond acceptors (Lipinski definition) is 3. The lowest BCUT2D eigenvalue weighted by molar-refractivity contribution is -0.111. The monoisotopic (exact) mass is 190 g/mol. The van der Waals surface area contributed by atoms with Gasteiger partial charge in [0.1, 0.15) is 5.75 Å². The molecule has 1 aromatic carbocycles. The largest absolute Gasteiger partial charge is 0.495 e. The number of benzene rings is 1. The third-order valence-electron chi connectivity index (χ3n) is 1.70. The van der Waals surface area contributed by atoms with E-state index in [0.29, 0.717) is 11.4 Å². The van der Waals surface area contributed by atoms with Crippen LogP contribution in [0.5, 0.6) is 5.75 Å². The molecule has 0 radical (unpaired) electrons. The van der Waals surface area contributed by atoms with E-state index >= 15 is 0 Å². The zero-order valence-electron chi connectivity index (χ0n) is 8.00. The van der Waals surface area contributed by atoms with Gasteiger partial charge in [-0.1, -0.05) is 6.07 Å². The number of ether oxygens (including phenoxy) is 1. The maximum absolute atomic E-state index is 10.8. The van der Waals surface area contributed by atoms with Gasteiger partial charge < -0.3 is 10.1 Å². The summed E-state index contributed by atoms with van der Waals surface area (Å²) >= 11 is 0. The van der Waals surface area contributed by atoms with Gasteiger partial charge in [-0.15, -0.1) is 0 Å². The lowest BCUT2D eigenvalue weighted by Gasteiger charge is -2.08. The first-order valence-corrected chi connectivity index (χ1v) is 4.03. The molecule has 4 nitrogen and oxygen atoms in total. The van der Waals surface area contributed by atoms with E-state index in [-0.39, 0.29) is 0 Å². The van der Waals surface area contributed by atoms with Crippen molar-refractivity contribution in [2.45, 2.75) is 6.92 Å². The maximum atomic E-state index is 10.8.